The molecule has 0 radical (unpaired) electrons. The second kappa shape index (κ2) is 13.8. The summed E-state index contributed by atoms with van der Waals surface area (Å²) in [5.74, 6) is -1.60. The van der Waals surface area contributed by atoms with Gasteiger partial charge >= 0.3 is 5.97 Å². The molecule has 0 atom stereocenters. The van der Waals surface area contributed by atoms with E-state index in [4.69, 9.17) is 14.2 Å². The lowest BCUT2D eigenvalue weighted by atomic mass is 9.99. The molecule has 0 saturated carbocycles. The highest BCUT2D eigenvalue weighted by Gasteiger charge is 2.24. The number of pyridine rings is 1. The summed E-state index contributed by atoms with van der Waals surface area (Å²) >= 11 is 0. The van der Waals surface area contributed by atoms with Crippen molar-refractivity contribution in [1.82, 2.24) is 19.7 Å². The second-order valence-corrected chi connectivity index (χ2v) is 17.1. The van der Waals surface area contributed by atoms with Crippen molar-refractivity contribution in [3.05, 3.63) is 77.0 Å². The maximum absolute atomic E-state index is 15.5. The molecular weight excluding hydrogens is 581 g/mol. The number of esters is 1. The molecule has 10 nitrogen and oxygen atoms in total. The van der Waals surface area contributed by atoms with Crippen LogP contribution in [0.4, 0.5) is 4.39 Å². The normalized spacial score (nSPS) is 11.3. The Bertz CT molecular complexity index is 1730. The van der Waals surface area contributed by atoms with Gasteiger partial charge in [0.1, 0.15) is 18.3 Å². The van der Waals surface area contributed by atoms with Gasteiger partial charge in [-0.15, -0.1) is 0 Å². The maximum Gasteiger partial charge on any atom is 0.357 e. The van der Waals surface area contributed by atoms with Gasteiger partial charge in [-0.1, -0.05) is 31.8 Å². The van der Waals surface area contributed by atoms with Gasteiger partial charge in [-0.2, -0.15) is 10.4 Å². The molecule has 0 aliphatic heterocycles. The molecule has 0 spiro atoms. The van der Waals surface area contributed by atoms with E-state index in [1.165, 1.54) is 36.5 Å². The number of aromatic nitrogens is 3. The average Bonchev–Trinajstić information content (AvgIpc) is 3.43. The molecule has 2 aromatic heterocycles. The molecule has 0 fully saturated rings. The molecule has 4 rings (SSSR count). The van der Waals surface area contributed by atoms with Crippen molar-refractivity contribution in [3.63, 3.8) is 0 Å². The molecule has 0 N–H and O–H groups in total. The van der Waals surface area contributed by atoms with Crippen LogP contribution >= 0.6 is 0 Å². The predicted molar refractivity (Wildman–Crippen MR) is 166 cm³/mol. The first-order valence-corrected chi connectivity index (χ1v) is 17.9. The summed E-state index contributed by atoms with van der Waals surface area (Å²) in [5, 5.41) is 14.2. The van der Waals surface area contributed by atoms with Crippen molar-refractivity contribution < 1.29 is 28.2 Å². The van der Waals surface area contributed by atoms with Crippen molar-refractivity contribution in [3.8, 4) is 22.9 Å². The van der Waals surface area contributed by atoms with Crippen LogP contribution in [0.3, 0.4) is 0 Å². The summed E-state index contributed by atoms with van der Waals surface area (Å²) in [6, 6.07) is 12.4. The van der Waals surface area contributed by atoms with E-state index in [2.05, 4.69) is 35.8 Å². The van der Waals surface area contributed by atoms with Crippen molar-refractivity contribution in [2.75, 3.05) is 27.4 Å². The molecule has 0 bridgehead atoms. The summed E-state index contributed by atoms with van der Waals surface area (Å²) in [7, 11) is 1.52. The highest BCUT2D eigenvalue weighted by molar-refractivity contribution is 6.76. The van der Waals surface area contributed by atoms with Crippen LogP contribution in [0.25, 0.3) is 22.0 Å². The zero-order chi connectivity index (χ0) is 32.0. The van der Waals surface area contributed by atoms with E-state index in [1.54, 1.807) is 42.9 Å². The molecule has 44 heavy (non-hydrogen) atoms. The Morgan fingerprint density at radius 3 is 2.61 bits per heavy atom. The molecule has 2 aromatic carbocycles. The number of rotatable bonds is 12. The Hall–Kier alpha value is -4.60. The lowest BCUT2D eigenvalue weighted by molar-refractivity contribution is 0.0595. The van der Waals surface area contributed by atoms with Crippen molar-refractivity contribution >= 4 is 30.9 Å². The topological polar surface area (TPSA) is 120 Å². The minimum Gasteiger partial charge on any atom is -0.493 e. The number of carbonyl (C=O) groups excluding carboxylic acids is 2. The number of hydrogen-bond donors (Lipinski definition) is 0. The number of halogens is 1. The molecular formula is C32H36FN5O5Si. The van der Waals surface area contributed by atoms with Gasteiger partial charge in [0.2, 0.25) is 0 Å². The monoisotopic (exact) mass is 617 g/mol. The lowest BCUT2D eigenvalue weighted by Gasteiger charge is -2.20. The first kappa shape index (κ1) is 32.3. The van der Waals surface area contributed by atoms with E-state index in [1.807, 2.05) is 0 Å². The highest BCUT2D eigenvalue weighted by Crippen LogP contribution is 2.34. The van der Waals surface area contributed by atoms with Gasteiger partial charge in [-0.25, -0.2) is 18.9 Å². The van der Waals surface area contributed by atoms with Gasteiger partial charge < -0.3 is 19.1 Å². The van der Waals surface area contributed by atoms with Crippen molar-refractivity contribution in [1.29, 1.82) is 5.26 Å². The Kier molecular flexibility index (Phi) is 10.1. The molecule has 2 heterocycles. The summed E-state index contributed by atoms with van der Waals surface area (Å²) in [4.78, 5) is 31.7. The Labute approximate surface area is 257 Å². The van der Waals surface area contributed by atoms with E-state index >= 15 is 4.39 Å². The lowest BCUT2D eigenvalue weighted by Crippen LogP contribution is -2.28. The molecule has 230 valence electrons. The standard InChI is InChI=1S/C32H36FN5O5Si/c1-7-43-28-15-25(27(33)14-24(28)22-10-8-9-21(13-22)16-34)31(39)37(2)19-23-17-35-29(32(40)41-3)26-18-36-38(30(23)26)20-42-11-12-44(4,5)6/h8-10,13-15,17-18H,7,11-12,19-20H2,1-6H3. The third-order valence-electron chi connectivity index (χ3n) is 6.99. The van der Waals surface area contributed by atoms with Crippen molar-refractivity contribution in [2.45, 2.75) is 45.9 Å². The van der Waals surface area contributed by atoms with Crippen LogP contribution in [-0.2, 0) is 22.7 Å². The number of fused-ring (bicyclic) bond motifs is 1. The quantitative estimate of drug-likeness (QED) is 0.110. The first-order chi connectivity index (χ1) is 21.0. The number of ether oxygens (including phenoxy) is 3. The van der Waals surface area contributed by atoms with Crippen LogP contribution in [-0.4, -0.2) is 67.0 Å². The molecule has 1 amide bonds. The molecule has 0 aliphatic carbocycles. The van der Waals surface area contributed by atoms with Crippen LogP contribution < -0.4 is 4.74 Å². The van der Waals surface area contributed by atoms with Crippen molar-refractivity contribution in [2.24, 2.45) is 0 Å². The predicted octanol–water partition coefficient (Wildman–Crippen LogP) is 5.88. The largest absolute Gasteiger partial charge is 0.493 e. The van der Waals surface area contributed by atoms with Gasteiger partial charge in [0.05, 0.1) is 48.0 Å². The van der Waals surface area contributed by atoms with Gasteiger partial charge in [-0.3, -0.25) is 4.79 Å². The summed E-state index contributed by atoms with van der Waals surface area (Å²) in [6.07, 6.45) is 3.02. The summed E-state index contributed by atoms with van der Waals surface area (Å²) in [5.41, 5.74) is 2.53. The van der Waals surface area contributed by atoms with Crippen LogP contribution in [0, 0.1) is 17.1 Å². The van der Waals surface area contributed by atoms with Crippen LogP contribution in [0.1, 0.15) is 38.9 Å². The minimum absolute atomic E-state index is 0.0414. The summed E-state index contributed by atoms with van der Waals surface area (Å²) in [6.45, 7) is 9.62. The smallest absolute Gasteiger partial charge is 0.357 e. The highest BCUT2D eigenvalue weighted by atomic mass is 28.3. The molecule has 0 saturated heterocycles. The number of methoxy groups -OCH3 is 1. The van der Waals surface area contributed by atoms with Gasteiger partial charge in [-0.05, 0) is 42.8 Å². The number of nitriles is 1. The van der Waals surface area contributed by atoms with Gasteiger partial charge in [0.15, 0.2) is 5.69 Å². The molecule has 0 unspecified atom stereocenters. The number of nitrogens with zero attached hydrogens (tertiary/aromatic N) is 5. The molecule has 4 aromatic rings. The number of carbonyl (C=O) groups is 2. The van der Waals surface area contributed by atoms with E-state index in [-0.39, 0.29) is 24.5 Å². The van der Waals surface area contributed by atoms with Crippen LogP contribution in [0.2, 0.25) is 25.7 Å². The average molecular weight is 618 g/mol. The fourth-order valence-corrected chi connectivity index (χ4v) is 5.44. The molecule has 0 aliphatic rings. The Balaban J connectivity index is 1.66. The maximum atomic E-state index is 15.5. The van der Waals surface area contributed by atoms with E-state index in [9.17, 15) is 14.9 Å². The second-order valence-electron chi connectivity index (χ2n) is 11.5. The minimum atomic E-state index is -1.30. The number of benzene rings is 2. The zero-order valence-electron chi connectivity index (χ0n) is 25.8. The van der Waals surface area contributed by atoms with E-state index in [0.717, 1.165) is 6.04 Å². The summed E-state index contributed by atoms with van der Waals surface area (Å²) < 4.78 is 33.8. The third-order valence-corrected chi connectivity index (χ3v) is 8.70. The fraction of sp³-hybridized carbons (Fsp3) is 0.344. The SMILES string of the molecule is CCOc1cc(C(=O)N(C)Cc2cnc(C(=O)OC)c3cnn(COCC[Si](C)(C)C)c23)c(F)cc1-c1cccc(C#N)c1. The Morgan fingerprint density at radius 2 is 1.93 bits per heavy atom. The Morgan fingerprint density at radius 1 is 1.16 bits per heavy atom. The number of hydrogen-bond acceptors (Lipinski definition) is 8. The third kappa shape index (κ3) is 7.30. The molecule has 12 heteroatoms. The van der Waals surface area contributed by atoms with E-state index < -0.39 is 25.8 Å². The van der Waals surface area contributed by atoms with Gasteiger partial charge in [0, 0.05) is 45.6 Å². The first-order valence-electron chi connectivity index (χ1n) is 14.2. The fourth-order valence-electron chi connectivity index (χ4n) is 4.68. The van der Waals surface area contributed by atoms with E-state index in [0.29, 0.717) is 52.1 Å². The van der Waals surface area contributed by atoms with Crippen LogP contribution in [0.15, 0.2) is 48.8 Å². The zero-order valence-corrected chi connectivity index (χ0v) is 26.8. The van der Waals surface area contributed by atoms with Crippen LogP contribution in [0.5, 0.6) is 5.75 Å². The van der Waals surface area contributed by atoms with Gasteiger partial charge in [0.25, 0.3) is 5.91 Å². The number of amides is 1.